The largest absolute Gasteiger partial charge is 0.488 e. The van der Waals surface area contributed by atoms with Gasteiger partial charge in [-0.2, -0.15) is 0 Å². The summed E-state index contributed by atoms with van der Waals surface area (Å²) in [4.78, 5) is 4.34. The monoisotopic (exact) mass is 231 g/mol. The average molecular weight is 231 g/mol. The van der Waals surface area contributed by atoms with Gasteiger partial charge in [0.1, 0.15) is 0 Å². The number of pyridine rings is 1. The Bertz CT molecular complexity index is 543. The predicted octanol–water partition coefficient (Wildman–Crippen LogP) is 0.622. The van der Waals surface area contributed by atoms with Crippen LogP contribution in [0.25, 0.3) is 10.9 Å². The molecule has 1 aromatic heterocycles. The minimum Gasteiger partial charge on any atom is -0.478 e. The maximum Gasteiger partial charge on any atom is 0.488 e. The van der Waals surface area contributed by atoms with Gasteiger partial charge < -0.3 is 14.8 Å². The molecule has 0 bridgehead atoms. The number of ether oxygens (including phenoxy) is 1. The molecule has 0 saturated carbocycles. The smallest absolute Gasteiger partial charge is 0.478 e. The Morgan fingerprint density at radius 1 is 1.29 bits per heavy atom. The van der Waals surface area contributed by atoms with Gasteiger partial charge in [0.25, 0.3) is 0 Å². The van der Waals surface area contributed by atoms with Crippen LogP contribution >= 0.6 is 0 Å². The summed E-state index contributed by atoms with van der Waals surface area (Å²) in [5.74, 6) is 0.592. The number of hydrogen-bond donors (Lipinski definition) is 2. The molecule has 0 amide bonds. The van der Waals surface area contributed by atoms with Crippen molar-refractivity contribution >= 4 is 23.5 Å². The highest BCUT2D eigenvalue weighted by molar-refractivity contribution is 6.58. The summed E-state index contributed by atoms with van der Waals surface area (Å²) in [7, 11) is -1.45. The zero-order chi connectivity index (χ0) is 12.4. The summed E-state index contributed by atoms with van der Waals surface area (Å²) in [6.45, 7) is 4.43. The van der Waals surface area contributed by atoms with E-state index in [1.807, 2.05) is 19.9 Å². The molecule has 2 N–H and O–H groups in total. The van der Waals surface area contributed by atoms with Crippen LogP contribution in [0, 0.1) is 6.92 Å². The Morgan fingerprint density at radius 3 is 2.71 bits per heavy atom. The zero-order valence-corrected chi connectivity index (χ0v) is 9.84. The first kappa shape index (κ1) is 11.9. The summed E-state index contributed by atoms with van der Waals surface area (Å²) in [5.41, 5.74) is 2.25. The van der Waals surface area contributed by atoms with Gasteiger partial charge in [0, 0.05) is 11.5 Å². The molecule has 1 aromatic carbocycles. The summed E-state index contributed by atoms with van der Waals surface area (Å²) in [5, 5.41) is 19.1. The zero-order valence-electron chi connectivity index (χ0n) is 9.84. The normalized spacial score (nSPS) is 10.6. The first-order valence-electron chi connectivity index (χ1n) is 5.52. The van der Waals surface area contributed by atoms with Crippen molar-refractivity contribution in [3.05, 3.63) is 29.8 Å². The standard InChI is InChI=1S/C12H14BNO3/c1-3-17-12-6-8(2)10-7-9(13(15)16)4-5-11(10)14-12/h4-7,15-16H,3H2,1-2H3. The molecule has 2 rings (SSSR count). The average Bonchev–Trinajstić information content (AvgIpc) is 2.29. The molecule has 0 aliphatic rings. The number of benzene rings is 1. The van der Waals surface area contributed by atoms with E-state index in [0.717, 1.165) is 16.5 Å². The Morgan fingerprint density at radius 2 is 2.06 bits per heavy atom. The molecule has 0 aliphatic carbocycles. The minimum absolute atomic E-state index is 0.464. The second-order valence-corrected chi connectivity index (χ2v) is 3.86. The molecule has 0 unspecified atom stereocenters. The number of nitrogens with zero attached hydrogens (tertiary/aromatic N) is 1. The van der Waals surface area contributed by atoms with Gasteiger partial charge in [-0.15, -0.1) is 0 Å². The second-order valence-electron chi connectivity index (χ2n) is 3.86. The maximum atomic E-state index is 9.12. The summed E-state index contributed by atoms with van der Waals surface area (Å²) < 4.78 is 5.36. The van der Waals surface area contributed by atoms with Crippen LogP contribution in [0.15, 0.2) is 24.3 Å². The maximum absolute atomic E-state index is 9.12. The van der Waals surface area contributed by atoms with Gasteiger partial charge in [0.15, 0.2) is 0 Å². The van der Waals surface area contributed by atoms with Crippen molar-refractivity contribution in [2.24, 2.45) is 0 Å². The van der Waals surface area contributed by atoms with Crippen LogP contribution in [0.1, 0.15) is 12.5 Å². The van der Waals surface area contributed by atoms with E-state index in [1.54, 1.807) is 18.2 Å². The van der Waals surface area contributed by atoms with E-state index in [-0.39, 0.29) is 0 Å². The molecule has 5 heteroatoms. The minimum atomic E-state index is -1.45. The van der Waals surface area contributed by atoms with Crippen molar-refractivity contribution in [2.45, 2.75) is 13.8 Å². The van der Waals surface area contributed by atoms with E-state index >= 15 is 0 Å². The van der Waals surface area contributed by atoms with Crippen molar-refractivity contribution in [1.82, 2.24) is 4.98 Å². The second kappa shape index (κ2) is 4.73. The lowest BCUT2D eigenvalue weighted by atomic mass is 9.79. The van der Waals surface area contributed by atoms with Gasteiger partial charge in [0.2, 0.25) is 5.88 Å². The first-order chi connectivity index (χ1) is 8.11. The molecule has 4 nitrogen and oxygen atoms in total. The van der Waals surface area contributed by atoms with E-state index in [9.17, 15) is 0 Å². The van der Waals surface area contributed by atoms with Crippen LogP contribution in [0.5, 0.6) is 5.88 Å². The lowest BCUT2D eigenvalue weighted by molar-refractivity contribution is 0.328. The number of rotatable bonds is 3. The fourth-order valence-electron chi connectivity index (χ4n) is 1.76. The van der Waals surface area contributed by atoms with Crippen LogP contribution in [-0.2, 0) is 0 Å². The van der Waals surface area contributed by atoms with Gasteiger partial charge in [-0.3, -0.25) is 0 Å². The molecular formula is C12H14BNO3. The summed E-state index contributed by atoms with van der Waals surface area (Å²) in [6.07, 6.45) is 0. The molecule has 0 radical (unpaired) electrons. The fraction of sp³-hybridized carbons (Fsp3) is 0.250. The third-order valence-corrected chi connectivity index (χ3v) is 2.61. The van der Waals surface area contributed by atoms with Gasteiger partial charge in [-0.25, -0.2) is 4.98 Å². The molecular weight excluding hydrogens is 217 g/mol. The Labute approximate surface area is 100 Å². The molecule has 17 heavy (non-hydrogen) atoms. The van der Waals surface area contributed by atoms with Gasteiger partial charge in [-0.1, -0.05) is 12.1 Å². The van der Waals surface area contributed by atoms with Gasteiger partial charge in [0.05, 0.1) is 12.1 Å². The number of fused-ring (bicyclic) bond motifs is 1. The first-order valence-corrected chi connectivity index (χ1v) is 5.52. The number of aryl methyl sites for hydroxylation is 1. The van der Waals surface area contributed by atoms with Crippen LogP contribution in [0.2, 0.25) is 0 Å². The topological polar surface area (TPSA) is 62.6 Å². The van der Waals surface area contributed by atoms with Crippen LogP contribution in [0.3, 0.4) is 0 Å². The van der Waals surface area contributed by atoms with E-state index in [0.29, 0.717) is 17.9 Å². The summed E-state index contributed by atoms with van der Waals surface area (Å²) in [6, 6.07) is 6.99. The fourth-order valence-corrected chi connectivity index (χ4v) is 1.76. The SMILES string of the molecule is CCOc1cc(C)c2cc(B(O)O)ccc2n1. The highest BCUT2D eigenvalue weighted by Gasteiger charge is 2.12. The molecule has 1 heterocycles. The van der Waals surface area contributed by atoms with Crippen LogP contribution in [-0.4, -0.2) is 28.8 Å². The Hall–Kier alpha value is -1.59. The number of hydrogen-bond acceptors (Lipinski definition) is 4. The highest BCUT2D eigenvalue weighted by atomic mass is 16.5. The van der Waals surface area contributed by atoms with Crippen molar-refractivity contribution in [3.8, 4) is 5.88 Å². The van der Waals surface area contributed by atoms with Crippen molar-refractivity contribution in [2.75, 3.05) is 6.61 Å². The highest BCUT2D eigenvalue weighted by Crippen LogP contribution is 2.20. The summed E-state index contributed by atoms with van der Waals surface area (Å²) >= 11 is 0. The van der Waals surface area contributed by atoms with Gasteiger partial charge >= 0.3 is 7.12 Å². The predicted molar refractivity (Wildman–Crippen MR) is 67.5 cm³/mol. The Kier molecular flexibility index (Phi) is 3.31. The Balaban J connectivity index is 2.56. The van der Waals surface area contributed by atoms with Crippen molar-refractivity contribution in [1.29, 1.82) is 0 Å². The lowest BCUT2D eigenvalue weighted by Gasteiger charge is -2.08. The van der Waals surface area contributed by atoms with E-state index in [4.69, 9.17) is 14.8 Å². The van der Waals surface area contributed by atoms with Crippen molar-refractivity contribution < 1.29 is 14.8 Å². The van der Waals surface area contributed by atoms with E-state index < -0.39 is 7.12 Å². The molecule has 0 spiro atoms. The third kappa shape index (κ3) is 2.40. The van der Waals surface area contributed by atoms with Crippen LogP contribution in [0.4, 0.5) is 0 Å². The molecule has 0 saturated heterocycles. The lowest BCUT2D eigenvalue weighted by Crippen LogP contribution is -2.29. The molecule has 2 aromatic rings. The van der Waals surface area contributed by atoms with E-state index in [1.165, 1.54) is 0 Å². The van der Waals surface area contributed by atoms with Crippen LogP contribution < -0.4 is 10.2 Å². The molecule has 88 valence electrons. The molecule has 0 atom stereocenters. The number of aromatic nitrogens is 1. The molecule has 0 fully saturated rings. The van der Waals surface area contributed by atoms with Gasteiger partial charge in [-0.05, 0) is 30.9 Å². The quantitative estimate of drug-likeness (QED) is 0.760. The molecule has 0 aliphatic heterocycles. The van der Waals surface area contributed by atoms with Crippen molar-refractivity contribution in [3.63, 3.8) is 0 Å². The third-order valence-electron chi connectivity index (χ3n) is 2.61. The van der Waals surface area contributed by atoms with E-state index in [2.05, 4.69) is 4.98 Å².